The van der Waals surface area contributed by atoms with E-state index in [1.807, 2.05) is 0 Å². The van der Waals surface area contributed by atoms with Gasteiger partial charge in [0.25, 0.3) is 0 Å². The number of hydrogen-bond acceptors (Lipinski definition) is 5. The van der Waals surface area contributed by atoms with Crippen LogP contribution in [0.4, 0.5) is 0 Å². The second-order valence-electron chi connectivity index (χ2n) is 2.30. The number of amides is 1. The molecule has 1 aromatic heterocycles. The summed E-state index contributed by atoms with van der Waals surface area (Å²) in [7, 11) is 1.56. The van der Waals surface area contributed by atoms with Crippen LogP contribution in [0, 0.1) is 0 Å². The van der Waals surface area contributed by atoms with Crippen molar-refractivity contribution in [2.24, 2.45) is 0 Å². The molecule has 0 atom stereocenters. The quantitative estimate of drug-likeness (QED) is 0.545. The number of nitrogens with one attached hydrogen (secondary N) is 2. The number of ether oxygens (including phenoxy) is 1. The Bertz CT molecular complexity index is 248. The van der Waals surface area contributed by atoms with E-state index in [4.69, 9.17) is 4.74 Å². The van der Waals surface area contributed by atoms with Crippen LogP contribution in [-0.4, -0.2) is 46.8 Å². The second kappa shape index (κ2) is 5.20. The van der Waals surface area contributed by atoms with Crippen LogP contribution >= 0.6 is 0 Å². The van der Waals surface area contributed by atoms with Crippen molar-refractivity contribution in [1.82, 2.24) is 25.9 Å². The molecule has 2 N–H and O–H groups in total. The Labute approximate surface area is 74.9 Å². The molecule has 1 aromatic rings. The fourth-order valence-electron chi connectivity index (χ4n) is 0.689. The van der Waals surface area contributed by atoms with E-state index in [9.17, 15) is 4.79 Å². The predicted molar refractivity (Wildman–Crippen MR) is 42.8 cm³/mol. The van der Waals surface area contributed by atoms with Crippen LogP contribution < -0.4 is 5.32 Å². The molecule has 0 radical (unpaired) electrons. The second-order valence-corrected chi connectivity index (χ2v) is 2.30. The maximum absolute atomic E-state index is 10.7. The summed E-state index contributed by atoms with van der Waals surface area (Å²) in [5.41, 5.74) is 0. The molecular formula is C6H11N5O2. The van der Waals surface area contributed by atoms with Crippen LogP contribution in [0.5, 0.6) is 0 Å². The summed E-state index contributed by atoms with van der Waals surface area (Å²) in [5, 5.41) is 15.6. The summed E-state index contributed by atoms with van der Waals surface area (Å²) < 4.78 is 5.03. The van der Waals surface area contributed by atoms with Crippen LogP contribution in [0.1, 0.15) is 5.82 Å². The summed E-state index contributed by atoms with van der Waals surface area (Å²) in [5.74, 6) is 0.435. The molecule has 0 saturated heterocycles. The molecule has 1 heterocycles. The summed E-state index contributed by atoms with van der Waals surface area (Å²) in [6.45, 7) is 0.474. The molecule has 7 nitrogen and oxygen atoms in total. The van der Waals surface area contributed by atoms with Crippen molar-refractivity contribution in [3.63, 3.8) is 0 Å². The Morgan fingerprint density at radius 3 is 3.15 bits per heavy atom. The Morgan fingerprint density at radius 2 is 2.54 bits per heavy atom. The first-order valence-electron chi connectivity index (χ1n) is 3.83. The third-order valence-electron chi connectivity index (χ3n) is 1.37. The highest BCUT2D eigenvalue weighted by Gasteiger charge is 2.00. The molecule has 0 aliphatic heterocycles. The fraction of sp³-hybridized carbons (Fsp3) is 0.667. The highest BCUT2D eigenvalue weighted by molar-refractivity contribution is 5.76. The standard InChI is InChI=1S/C6H11N5O2/c1-7-6(12)4-13-3-2-5-8-10-11-9-5/h2-4H2,1H3,(H,7,12)(H,8,9,10,11). The number of aromatic nitrogens is 4. The monoisotopic (exact) mass is 185 g/mol. The normalized spacial score (nSPS) is 9.92. The molecule has 0 bridgehead atoms. The largest absolute Gasteiger partial charge is 0.371 e. The van der Waals surface area contributed by atoms with E-state index in [-0.39, 0.29) is 12.5 Å². The zero-order chi connectivity index (χ0) is 9.52. The average molecular weight is 185 g/mol. The molecule has 1 rings (SSSR count). The van der Waals surface area contributed by atoms with Crippen molar-refractivity contribution < 1.29 is 9.53 Å². The highest BCUT2D eigenvalue weighted by atomic mass is 16.5. The van der Waals surface area contributed by atoms with Crippen molar-refractivity contribution in [1.29, 1.82) is 0 Å². The average Bonchev–Trinajstić information content (AvgIpc) is 2.64. The predicted octanol–water partition coefficient (Wildman–Crippen LogP) is -1.50. The van der Waals surface area contributed by atoms with Gasteiger partial charge in [0.15, 0.2) is 5.82 Å². The first-order valence-corrected chi connectivity index (χ1v) is 3.83. The third-order valence-corrected chi connectivity index (χ3v) is 1.37. The van der Waals surface area contributed by atoms with Gasteiger partial charge in [0, 0.05) is 13.5 Å². The van der Waals surface area contributed by atoms with E-state index in [1.54, 1.807) is 7.05 Å². The van der Waals surface area contributed by atoms with Gasteiger partial charge >= 0.3 is 0 Å². The topological polar surface area (TPSA) is 92.8 Å². The van der Waals surface area contributed by atoms with Gasteiger partial charge < -0.3 is 10.1 Å². The minimum atomic E-state index is -0.145. The summed E-state index contributed by atoms with van der Waals surface area (Å²) in [6.07, 6.45) is 0.549. The van der Waals surface area contributed by atoms with Gasteiger partial charge in [0.1, 0.15) is 6.61 Å². The third kappa shape index (κ3) is 3.61. The number of H-pyrrole nitrogens is 1. The van der Waals surface area contributed by atoms with Crippen LogP contribution in [0.3, 0.4) is 0 Å². The number of likely N-dealkylation sites (N-methyl/N-ethyl adjacent to an activating group) is 1. The summed E-state index contributed by atoms with van der Waals surface area (Å²) in [6, 6.07) is 0. The van der Waals surface area contributed by atoms with E-state index >= 15 is 0 Å². The Balaban J connectivity index is 2.05. The summed E-state index contributed by atoms with van der Waals surface area (Å²) in [4.78, 5) is 10.7. The molecule has 0 saturated carbocycles. The maximum Gasteiger partial charge on any atom is 0.245 e. The van der Waals surface area contributed by atoms with Crippen LogP contribution in [-0.2, 0) is 16.0 Å². The fourth-order valence-corrected chi connectivity index (χ4v) is 0.689. The van der Waals surface area contributed by atoms with Gasteiger partial charge in [-0.25, -0.2) is 0 Å². The van der Waals surface area contributed by atoms with Crippen LogP contribution in [0.2, 0.25) is 0 Å². The Morgan fingerprint density at radius 1 is 1.69 bits per heavy atom. The van der Waals surface area contributed by atoms with E-state index in [0.29, 0.717) is 18.9 Å². The van der Waals surface area contributed by atoms with Crippen molar-refractivity contribution in [2.45, 2.75) is 6.42 Å². The summed E-state index contributed by atoms with van der Waals surface area (Å²) >= 11 is 0. The van der Waals surface area contributed by atoms with Gasteiger partial charge in [-0.1, -0.05) is 5.21 Å². The van der Waals surface area contributed by atoms with E-state index in [0.717, 1.165) is 0 Å². The number of nitrogens with zero attached hydrogens (tertiary/aromatic N) is 3. The lowest BCUT2D eigenvalue weighted by atomic mass is 10.4. The van der Waals surface area contributed by atoms with Gasteiger partial charge in [-0.3, -0.25) is 4.79 Å². The molecule has 0 aliphatic carbocycles. The van der Waals surface area contributed by atoms with Gasteiger partial charge in [-0.2, -0.15) is 5.21 Å². The molecule has 0 aliphatic rings. The van der Waals surface area contributed by atoms with Gasteiger partial charge in [-0.05, 0) is 0 Å². The number of tetrazole rings is 1. The van der Waals surface area contributed by atoms with E-state index in [1.165, 1.54) is 0 Å². The highest BCUT2D eigenvalue weighted by Crippen LogP contribution is 1.86. The molecule has 1 amide bonds. The SMILES string of the molecule is CNC(=O)COCCc1nn[nH]n1. The lowest BCUT2D eigenvalue weighted by Crippen LogP contribution is -2.23. The molecule has 7 heteroatoms. The molecule has 13 heavy (non-hydrogen) atoms. The maximum atomic E-state index is 10.7. The van der Waals surface area contributed by atoms with Crippen molar-refractivity contribution >= 4 is 5.91 Å². The molecule has 72 valence electrons. The van der Waals surface area contributed by atoms with Crippen molar-refractivity contribution in [3.05, 3.63) is 5.82 Å². The van der Waals surface area contributed by atoms with Gasteiger partial charge in [0.05, 0.1) is 6.61 Å². The molecule has 0 spiro atoms. The van der Waals surface area contributed by atoms with E-state index < -0.39 is 0 Å². The minimum Gasteiger partial charge on any atom is -0.371 e. The zero-order valence-corrected chi connectivity index (χ0v) is 7.28. The zero-order valence-electron chi connectivity index (χ0n) is 7.28. The molecular weight excluding hydrogens is 174 g/mol. The van der Waals surface area contributed by atoms with Crippen molar-refractivity contribution in [2.75, 3.05) is 20.3 Å². The number of hydrogen-bond donors (Lipinski definition) is 2. The molecule has 0 fully saturated rings. The van der Waals surface area contributed by atoms with Crippen LogP contribution in [0.15, 0.2) is 0 Å². The number of aromatic amines is 1. The molecule has 0 aromatic carbocycles. The van der Waals surface area contributed by atoms with Crippen molar-refractivity contribution in [3.8, 4) is 0 Å². The minimum absolute atomic E-state index is 0.0638. The number of carbonyl (C=O) groups excluding carboxylic acids is 1. The van der Waals surface area contributed by atoms with Gasteiger partial charge in [0.2, 0.25) is 5.91 Å². The first-order chi connectivity index (χ1) is 6.33. The lowest BCUT2D eigenvalue weighted by molar-refractivity contribution is -0.125. The number of rotatable bonds is 5. The first kappa shape index (κ1) is 9.59. The van der Waals surface area contributed by atoms with E-state index in [2.05, 4.69) is 25.9 Å². The Kier molecular flexibility index (Phi) is 3.83. The smallest absolute Gasteiger partial charge is 0.245 e. The van der Waals surface area contributed by atoms with Crippen LogP contribution in [0.25, 0.3) is 0 Å². The lowest BCUT2D eigenvalue weighted by Gasteiger charge is -1.99. The molecule has 0 unspecified atom stereocenters. The Hall–Kier alpha value is -1.50. The van der Waals surface area contributed by atoms with Gasteiger partial charge in [-0.15, -0.1) is 10.2 Å². The number of carbonyl (C=O) groups is 1.